The Morgan fingerprint density at radius 1 is 1.07 bits per heavy atom. The van der Waals surface area contributed by atoms with Crippen LogP contribution < -0.4 is 9.54 Å². The molecule has 0 fully saturated rings. The van der Waals surface area contributed by atoms with Gasteiger partial charge >= 0.3 is 0 Å². The van der Waals surface area contributed by atoms with Crippen LogP contribution in [0.25, 0.3) is 10.6 Å². The lowest BCUT2D eigenvalue weighted by Crippen LogP contribution is -2.12. The van der Waals surface area contributed by atoms with Gasteiger partial charge in [-0.25, -0.2) is 4.68 Å². The van der Waals surface area contributed by atoms with Gasteiger partial charge in [0, 0.05) is 10.9 Å². The van der Waals surface area contributed by atoms with E-state index in [0.29, 0.717) is 17.9 Å². The molecule has 0 spiro atoms. The van der Waals surface area contributed by atoms with Gasteiger partial charge in [0.05, 0.1) is 30.4 Å². The summed E-state index contributed by atoms with van der Waals surface area (Å²) in [5, 5.41) is 18.9. The molecule has 0 bridgehead atoms. The van der Waals surface area contributed by atoms with Crippen molar-refractivity contribution in [1.29, 1.82) is 0 Å². The van der Waals surface area contributed by atoms with E-state index in [4.69, 9.17) is 9.73 Å². The second-order valence-electron chi connectivity index (χ2n) is 6.16. The van der Waals surface area contributed by atoms with E-state index in [9.17, 15) is 5.11 Å². The predicted octanol–water partition coefficient (Wildman–Crippen LogP) is 4.98. The molecule has 0 aliphatic heterocycles. The summed E-state index contributed by atoms with van der Waals surface area (Å²) in [6, 6.07) is 19.2. The fourth-order valence-electron chi connectivity index (χ4n) is 2.74. The van der Waals surface area contributed by atoms with Crippen LogP contribution in [0.2, 0.25) is 0 Å². The summed E-state index contributed by atoms with van der Waals surface area (Å²) in [6.45, 7) is 0.575. The van der Waals surface area contributed by atoms with Gasteiger partial charge in [0.15, 0.2) is 0 Å². The molecule has 0 atom stereocenters. The van der Waals surface area contributed by atoms with Crippen LogP contribution in [0.3, 0.4) is 0 Å². The summed E-state index contributed by atoms with van der Waals surface area (Å²) in [6.07, 6.45) is 1.63. The average Bonchev–Trinajstić information content (AvgIpc) is 3.42. The average molecular weight is 422 g/mol. The molecule has 4 rings (SSSR count). The van der Waals surface area contributed by atoms with E-state index in [-0.39, 0.29) is 5.75 Å². The largest absolute Gasteiger partial charge is 0.507 e. The Bertz CT molecular complexity index is 1180. The Morgan fingerprint density at radius 2 is 1.93 bits per heavy atom. The highest BCUT2D eigenvalue weighted by Crippen LogP contribution is 2.26. The molecule has 5 nitrogen and oxygen atoms in total. The SMILES string of the molecule is COc1ccc(O)c(C=Nn2c(-c3cccs3)csc2=NCc2ccccc2)c1. The predicted molar refractivity (Wildman–Crippen MR) is 119 cm³/mol. The zero-order valence-electron chi connectivity index (χ0n) is 15.7. The molecular formula is C22H19N3O2S2. The van der Waals surface area contributed by atoms with E-state index in [1.54, 1.807) is 54.2 Å². The van der Waals surface area contributed by atoms with Crippen molar-refractivity contribution in [2.75, 3.05) is 7.11 Å². The fraction of sp³-hybridized carbons (Fsp3) is 0.0909. The summed E-state index contributed by atoms with van der Waals surface area (Å²) in [5.41, 5.74) is 2.68. The Hall–Kier alpha value is -3.16. The van der Waals surface area contributed by atoms with Gasteiger partial charge < -0.3 is 9.84 Å². The molecule has 0 saturated carbocycles. The van der Waals surface area contributed by atoms with Crippen LogP contribution in [-0.2, 0) is 6.54 Å². The van der Waals surface area contributed by atoms with Crippen LogP contribution >= 0.6 is 22.7 Å². The van der Waals surface area contributed by atoms with Gasteiger partial charge in [-0.1, -0.05) is 36.4 Å². The number of nitrogens with zero attached hydrogens (tertiary/aromatic N) is 3. The third-order valence-electron chi connectivity index (χ3n) is 4.25. The number of thiazole rings is 1. The van der Waals surface area contributed by atoms with Crippen LogP contribution in [0.4, 0.5) is 0 Å². The quantitative estimate of drug-likeness (QED) is 0.447. The Morgan fingerprint density at radius 3 is 2.69 bits per heavy atom. The molecule has 0 amide bonds. The molecule has 0 aliphatic carbocycles. The zero-order chi connectivity index (χ0) is 20.1. The Balaban J connectivity index is 1.75. The van der Waals surface area contributed by atoms with Gasteiger partial charge in [0.25, 0.3) is 0 Å². The first-order valence-electron chi connectivity index (χ1n) is 8.95. The van der Waals surface area contributed by atoms with Gasteiger partial charge in [0.1, 0.15) is 11.5 Å². The minimum Gasteiger partial charge on any atom is -0.507 e. The van der Waals surface area contributed by atoms with Gasteiger partial charge in [-0.05, 0) is 35.2 Å². The van der Waals surface area contributed by atoms with E-state index < -0.39 is 0 Å². The van der Waals surface area contributed by atoms with Crippen LogP contribution in [0.5, 0.6) is 11.5 Å². The fourth-order valence-corrected chi connectivity index (χ4v) is 4.37. The van der Waals surface area contributed by atoms with Crippen molar-refractivity contribution in [3.63, 3.8) is 0 Å². The summed E-state index contributed by atoms with van der Waals surface area (Å²) in [5.74, 6) is 0.804. The highest BCUT2D eigenvalue weighted by molar-refractivity contribution is 7.14. The smallest absolute Gasteiger partial charge is 0.206 e. The van der Waals surface area contributed by atoms with Gasteiger partial charge in [-0.15, -0.1) is 22.7 Å². The zero-order valence-corrected chi connectivity index (χ0v) is 17.4. The number of methoxy groups -OCH3 is 1. The number of aromatic nitrogens is 1. The van der Waals surface area contributed by atoms with Gasteiger partial charge in [-0.3, -0.25) is 4.99 Å². The number of thiophene rings is 1. The van der Waals surface area contributed by atoms with Gasteiger partial charge in [-0.2, -0.15) is 5.10 Å². The van der Waals surface area contributed by atoms with Gasteiger partial charge in [0.2, 0.25) is 4.80 Å². The minimum atomic E-state index is 0.144. The third kappa shape index (κ3) is 4.47. The molecule has 0 saturated heterocycles. The molecule has 7 heteroatoms. The first-order chi connectivity index (χ1) is 14.2. The lowest BCUT2D eigenvalue weighted by atomic mass is 10.2. The number of hydrogen-bond donors (Lipinski definition) is 1. The van der Waals surface area contributed by atoms with Crippen LogP contribution in [0.15, 0.2) is 81.5 Å². The van der Waals surface area contributed by atoms with Crippen molar-refractivity contribution < 1.29 is 9.84 Å². The maximum absolute atomic E-state index is 10.2. The van der Waals surface area contributed by atoms with E-state index in [1.165, 1.54) is 0 Å². The number of benzene rings is 2. The number of rotatable bonds is 6. The summed E-state index contributed by atoms with van der Waals surface area (Å²) < 4.78 is 7.06. The number of phenolic OH excluding ortho intramolecular Hbond substituents is 1. The number of hydrogen-bond acceptors (Lipinski definition) is 6. The first-order valence-corrected chi connectivity index (χ1v) is 10.7. The highest BCUT2D eigenvalue weighted by Gasteiger charge is 2.09. The van der Waals surface area contributed by atoms with Crippen molar-refractivity contribution in [3.8, 4) is 22.1 Å². The molecule has 0 unspecified atom stereocenters. The van der Waals surface area contributed by atoms with Crippen LogP contribution in [0.1, 0.15) is 11.1 Å². The Labute approximate surface area is 176 Å². The van der Waals surface area contributed by atoms with E-state index in [0.717, 1.165) is 20.9 Å². The maximum atomic E-state index is 10.2. The summed E-state index contributed by atoms with van der Waals surface area (Å²) in [7, 11) is 1.59. The molecule has 2 aromatic heterocycles. The number of ether oxygens (including phenoxy) is 1. The normalized spacial score (nSPS) is 12.0. The monoisotopic (exact) mass is 421 g/mol. The van der Waals surface area contributed by atoms with Crippen molar-refractivity contribution in [1.82, 2.24) is 4.68 Å². The Kier molecular flexibility index (Phi) is 5.88. The second-order valence-corrected chi connectivity index (χ2v) is 7.95. The molecule has 146 valence electrons. The standard InChI is InChI=1S/C22H19N3O2S2/c1-27-18-9-10-20(26)17(12-18)14-24-25-19(21-8-5-11-28-21)15-29-22(25)23-13-16-6-3-2-4-7-16/h2-12,14-15,26H,13H2,1H3. The van der Waals surface area contributed by atoms with Crippen LogP contribution in [-0.4, -0.2) is 23.1 Å². The molecule has 2 aromatic carbocycles. The van der Waals surface area contributed by atoms with Crippen LogP contribution in [0, 0.1) is 0 Å². The van der Waals surface area contributed by atoms with Crippen molar-refractivity contribution in [3.05, 3.63) is 87.4 Å². The molecule has 1 N–H and O–H groups in total. The summed E-state index contributed by atoms with van der Waals surface area (Å²) >= 11 is 3.19. The lowest BCUT2D eigenvalue weighted by molar-refractivity contribution is 0.412. The van der Waals surface area contributed by atoms with E-state index in [2.05, 4.69) is 28.7 Å². The van der Waals surface area contributed by atoms with E-state index in [1.807, 2.05) is 34.3 Å². The molecule has 2 heterocycles. The first kappa shape index (κ1) is 19.2. The molecule has 0 aliphatic rings. The molecular weight excluding hydrogens is 402 g/mol. The minimum absolute atomic E-state index is 0.144. The number of phenols is 1. The van der Waals surface area contributed by atoms with Crippen molar-refractivity contribution in [2.45, 2.75) is 6.54 Å². The second kappa shape index (κ2) is 8.89. The van der Waals surface area contributed by atoms with E-state index >= 15 is 0 Å². The third-order valence-corrected chi connectivity index (χ3v) is 5.99. The molecule has 0 radical (unpaired) electrons. The molecule has 29 heavy (non-hydrogen) atoms. The van der Waals surface area contributed by atoms with Crippen molar-refractivity contribution in [2.24, 2.45) is 10.1 Å². The molecule has 4 aromatic rings. The van der Waals surface area contributed by atoms with Crippen molar-refractivity contribution >= 4 is 28.9 Å². The highest BCUT2D eigenvalue weighted by atomic mass is 32.1. The number of aromatic hydroxyl groups is 1. The lowest BCUT2D eigenvalue weighted by Gasteiger charge is -2.04. The summed E-state index contributed by atoms with van der Waals surface area (Å²) in [4.78, 5) is 6.65. The maximum Gasteiger partial charge on any atom is 0.206 e. The topological polar surface area (TPSA) is 59.1 Å².